The molecule has 1 amide bonds. The predicted molar refractivity (Wildman–Crippen MR) is 110 cm³/mol. The number of carbonyl (C=O) groups excluding carboxylic acids is 1. The molecule has 154 valence electrons. The van der Waals surface area contributed by atoms with Crippen molar-refractivity contribution in [3.05, 3.63) is 78.1 Å². The van der Waals surface area contributed by atoms with Gasteiger partial charge in [0.25, 0.3) is 5.91 Å². The van der Waals surface area contributed by atoms with Crippen LogP contribution in [-0.2, 0) is 11.3 Å². The highest BCUT2D eigenvalue weighted by atomic mass is 16.4. The predicted octanol–water partition coefficient (Wildman–Crippen LogP) is 2.45. The Morgan fingerprint density at radius 3 is 2.55 bits per heavy atom. The first kappa shape index (κ1) is 19.7. The van der Waals surface area contributed by atoms with E-state index in [0.29, 0.717) is 17.3 Å². The summed E-state index contributed by atoms with van der Waals surface area (Å²) in [6, 6.07) is 19.0. The molecule has 4 rings (SSSR count). The van der Waals surface area contributed by atoms with Crippen LogP contribution in [0.4, 0.5) is 0 Å². The molecule has 31 heavy (non-hydrogen) atoms. The first-order valence-corrected chi connectivity index (χ1v) is 9.17. The van der Waals surface area contributed by atoms with E-state index in [1.54, 1.807) is 24.3 Å². The standard InChI is InChI=1S/C21H16N6O4/c28-19(13-27-25-20(24-26-27)15-4-2-1-3-5-15)23-22-12-17-10-11-18(31-17)14-6-8-16(9-7-14)21(29)30/h1-12H,13H2,(H,23,28)(H,29,30)/b22-12-. The second kappa shape index (κ2) is 8.82. The van der Waals surface area contributed by atoms with Gasteiger partial charge in [-0.2, -0.15) is 9.90 Å². The SMILES string of the molecule is O=C(Cn1nnc(-c2ccccc2)n1)N/N=C\c1ccc(-c2ccc(C(=O)O)cc2)o1. The number of hydrogen-bond donors (Lipinski definition) is 2. The fraction of sp³-hybridized carbons (Fsp3) is 0.0476. The number of rotatable bonds is 7. The largest absolute Gasteiger partial charge is 0.478 e. The van der Waals surface area contributed by atoms with Crippen molar-refractivity contribution < 1.29 is 19.1 Å². The maximum absolute atomic E-state index is 12.0. The van der Waals surface area contributed by atoms with Crippen LogP contribution in [0.15, 0.2) is 76.2 Å². The highest BCUT2D eigenvalue weighted by Gasteiger charge is 2.09. The lowest BCUT2D eigenvalue weighted by atomic mass is 10.1. The Balaban J connectivity index is 1.32. The first-order valence-electron chi connectivity index (χ1n) is 9.17. The van der Waals surface area contributed by atoms with Crippen LogP contribution in [0, 0.1) is 0 Å². The van der Waals surface area contributed by atoms with Crippen LogP contribution in [0.2, 0.25) is 0 Å². The Labute approximate surface area is 175 Å². The van der Waals surface area contributed by atoms with Gasteiger partial charge < -0.3 is 9.52 Å². The van der Waals surface area contributed by atoms with Crippen molar-refractivity contribution >= 4 is 18.1 Å². The third-order valence-corrected chi connectivity index (χ3v) is 4.19. The average molecular weight is 416 g/mol. The molecule has 2 aromatic heterocycles. The van der Waals surface area contributed by atoms with E-state index >= 15 is 0 Å². The molecule has 0 spiro atoms. The summed E-state index contributed by atoms with van der Waals surface area (Å²) in [6.07, 6.45) is 1.36. The van der Waals surface area contributed by atoms with E-state index < -0.39 is 11.9 Å². The molecule has 0 aliphatic heterocycles. The lowest BCUT2D eigenvalue weighted by molar-refractivity contribution is -0.122. The van der Waals surface area contributed by atoms with Crippen molar-refractivity contribution in [3.63, 3.8) is 0 Å². The van der Waals surface area contributed by atoms with E-state index in [2.05, 4.69) is 25.9 Å². The Morgan fingerprint density at radius 1 is 1.03 bits per heavy atom. The average Bonchev–Trinajstić information content (AvgIpc) is 3.44. The number of aromatic carboxylic acids is 1. The summed E-state index contributed by atoms with van der Waals surface area (Å²) >= 11 is 0. The molecule has 2 heterocycles. The molecule has 0 atom stereocenters. The van der Waals surface area contributed by atoms with Crippen LogP contribution < -0.4 is 5.43 Å². The molecule has 2 N–H and O–H groups in total. The summed E-state index contributed by atoms with van der Waals surface area (Å²) in [5.41, 5.74) is 4.09. The van der Waals surface area contributed by atoms with Crippen molar-refractivity contribution in [2.45, 2.75) is 6.54 Å². The van der Waals surface area contributed by atoms with Gasteiger partial charge in [-0.05, 0) is 29.5 Å². The maximum atomic E-state index is 12.0. The van der Waals surface area contributed by atoms with Crippen molar-refractivity contribution in [1.29, 1.82) is 0 Å². The molecule has 0 aliphatic carbocycles. The van der Waals surface area contributed by atoms with Gasteiger partial charge in [0.1, 0.15) is 18.1 Å². The van der Waals surface area contributed by atoms with Crippen LogP contribution in [0.1, 0.15) is 16.1 Å². The highest BCUT2D eigenvalue weighted by molar-refractivity contribution is 5.88. The Morgan fingerprint density at radius 2 is 1.81 bits per heavy atom. The van der Waals surface area contributed by atoms with Crippen LogP contribution in [0.3, 0.4) is 0 Å². The summed E-state index contributed by atoms with van der Waals surface area (Å²) < 4.78 is 5.63. The van der Waals surface area contributed by atoms with Crippen LogP contribution in [0.5, 0.6) is 0 Å². The molecule has 10 heteroatoms. The van der Waals surface area contributed by atoms with Gasteiger partial charge in [0.15, 0.2) is 0 Å². The second-order valence-electron chi connectivity index (χ2n) is 6.39. The number of tetrazole rings is 1. The number of furan rings is 1. The van der Waals surface area contributed by atoms with Crippen molar-refractivity contribution in [2.75, 3.05) is 0 Å². The molecule has 0 radical (unpaired) electrons. The number of hydrogen-bond acceptors (Lipinski definition) is 7. The molecule has 0 bridgehead atoms. The van der Waals surface area contributed by atoms with Crippen LogP contribution in [-0.4, -0.2) is 43.4 Å². The summed E-state index contributed by atoms with van der Waals surface area (Å²) in [4.78, 5) is 24.1. The fourth-order valence-electron chi connectivity index (χ4n) is 2.70. The van der Waals surface area contributed by atoms with Crippen molar-refractivity contribution in [2.24, 2.45) is 5.10 Å². The minimum absolute atomic E-state index is 0.142. The van der Waals surface area contributed by atoms with Gasteiger partial charge in [0, 0.05) is 11.1 Å². The fourth-order valence-corrected chi connectivity index (χ4v) is 2.70. The second-order valence-corrected chi connectivity index (χ2v) is 6.39. The number of nitrogens with zero attached hydrogens (tertiary/aromatic N) is 5. The number of carboxylic acids is 1. The van der Waals surface area contributed by atoms with Crippen molar-refractivity contribution in [3.8, 4) is 22.7 Å². The van der Waals surface area contributed by atoms with Crippen molar-refractivity contribution in [1.82, 2.24) is 25.6 Å². The van der Waals surface area contributed by atoms with Gasteiger partial charge in [0.2, 0.25) is 5.82 Å². The van der Waals surface area contributed by atoms with Crippen LogP contribution in [0.25, 0.3) is 22.7 Å². The zero-order valence-corrected chi connectivity index (χ0v) is 16.0. The lowest BCUT2D eigenvalue weighted by Crippen LogP contribution is -2.24. The third kappa shape index (κ3) is 4.88. The monoisotopic (exact) mass is 416 g/mol. The number of nitrogens with one attached hydrogen (secondary N) is 1. The zero-order chi connectivity index (χ0) is 21.6. The van der Waals surface area contributed by atoms with Gasteiger partial charge in [-0.15, -0.1) is 10.2 Å². The van der Waals surface area contributed by atoms with Gasteiger partial charge in [-0.3, -0.25) is 4.79 Å². The Bertz CT molecular complexity index is 1230. The molecule has 2 aromatic carbocycles. The quantitative estimate of drug-likeness (QED) is 0.349. The van der Waals surface area contributed by atoms with Crippen LogP contribution >= 0.6 is 0 Å². The molecular weight excluding hydrogens is 400 g/mol. The first-order chi connectivity index (χ1) is 15.1. The number of amides is 1. The smallest absolute Gasteiger partial charge is 0.335 e. The number of carboxylic acid groups (broad SMARTS) is 1. The molecule has 0 saturated heterocycles. The molecule has 4 aromatic rings. The normalized spacial score (nSPS) is 11.0. The van der Waals surface area contributed by atoms with E-state index in [-0.39, 0.29) is 12.1 Å². The summed E-state index contributed by atoms with van der Waals surface area (Å²) in [5, 5.41) is 24.8. The van der Waals surface area contributed by atoms with Gasteiger partial charge in [-0.25, -0.2) is 10.2 Å². The summed E-state index contributed by atoms with van der Waals surface area (Å²) in [5.74, 6) is -0.0273. The van der Waals surface area contributed by atoms with Gasteiger partial charge in [0.05, 0.1) is 11.8 Å². The van der Waals surface area contributed by atoms with Gasteiger partial charge >= 0.3 is 5.97 Å². The lowest BCUT2D eigenvalue weighted by Gasteiger charge is -1.98. The molecular formula is C21H16N6O4. The highest BCUT2D eigenvalue weighted by Crippen LogP contribution is 2.22. The van der Waals surface area contributed by atoms with E-state index in [1.807, 2.05) is 30.3 Å². The Kier molecular flexibility index (Phi) is 5.61. The maximum Gasteiger partial charge on any atom is 0.335 e. The third-order valence-electron chi connectivity index (χ3n) is 4.19. The van der Waals surface area contributed by atoms with E-state index in [1.165, 1.54) is 23.1 Å². The molecule has 0 unspecified atom stereocenters. The van der Waals surface area contributed by atoms with E-state index in [4.69, 9.17) is 9.52 Å². The topological polar surface area (TPSA) is 136 Å². The molecule has 10 nitrogen and oxygen atoms in total. The number of benzene rings is 2. The minimum Gasteiger partial charge on any atom is -0.478 e. The van der Waals surface area contributed by atoms with E-state index in [9.17, 15) is 9.59 Å². The zero-order valence-electron chi connectivity index (χ0n) is 16.0. The summed E-state index contributed by atoms with van der Waals surface area (Å²) in [7, 11) is 0. The minimum atomic E-state index is -0.994. The molecule has 0 aliphatic rings. The summed E-state index contributed by atoms with van der Waals surface area (Å²) in [6.45, 7) is -0.142. The number of aromatic nitrogens is 4. The Hall–Kier alpha value is -4.60. The van der Waals surface area contributed by atoms with E-state index in [0.717, 1.165) is 11.1 Å². The molecule has 0 fully saturated rings. The molecule has 0 saturated carbocycles. The van der Waals surface area contributed by atoms with Gasteiger partial charge in [-0.1, -0.05) is 42.5 Å². The number of hydrazone groups is 1. The number of carbonyl (C=O) groups is 2.